The monoisotopic (exact) mass is 472 g/mol. The zero-order valence-electron chi connectivity index (χ0n) is 19.8. The van der Waals surface area contributed by atoms with E-state index in [9.17, 15) is 13.2 Å². The summed E-state index contributed by atoms with van der Waals surface area (Å²) in [6.45, 7) is 5.79. The average Bonchev–Trinajstić information content (AvgIpc) is 3.23. The molecular weight excluding hydrogens is 436 g/mol. The molecule has 1 amide bonds. The van der Waals surface area contributed by atoms with Crippen molar-refractivity contribution in [2.75, 3.05) is 19.6 Å². The van der Waals surface area contributed by atoms with Crippen molar-refractivity contribution in [2.45, 2.75) is 69.5 Å². The first-order valence-electron chi connectivity index (χ1n) is 12.1. The normalized spacial score (nSPS) is 20.6. The van der Waals surface area contributed by atoms with E-state index in [4.69, 9.17) is 0 Å². The van der Waals surface area contributed by atoms with Crippen molar-refractivity contribution >= 4 is 15.9 Å². The molecule has 3 heterocycles. The molecule has 0 spiro atoms. The maximum absolute atomic E-state index is 13.0. The first kappa shape index (κ1) is 24.0. The zero-order chi connectivity index (χ0) is 23.4. The van der Waals surface area contributed by atoms with E-state index < -0.39 is 10.0 Å². The van der Waals surface area contributed by atoms with E-state index in [1.165, 1.54) is 35.2 Å². The molecular formula is C25H36N4O3S. The summed E-state index contributed by atoms with van der Waals surface area (Å²) in [6.07, 6.45) is 8.14. The predicted octanol–water partition coefficient (Wildman–Crippen LogP) is 3.50. The largest absolute Gasteiger partial charge is 0.347 e. The standard InChI is InChI=1S/C25H36N4O3S/c1-20-10-6-9-13-28(20)18-22-12-5-4-11-21(22)17-26-25(30)24-16-23(19-27(24)2)33(31,32)29-14-7-3-8-15-29/h4-5,11-12,16,19-20H,3,6-10,13-15,17-18H2,1-2H3,(H,26,30). The number of carbonyl (C=O) groups is 1. The lowest BCUT2D eigenvalue weighted by atomic mass is 10.0. The van der Waals surface area contributed by atoms with E-state index in [1.807, 2.05) is 12.1 Å². The minimum atomic E-state index is -3.57. The topological polar surface area (TPSA) is 74.7 Å². The van der Waals surface area contributed by atoms with Crippen LogP contribution in [-0.4, -0.2) is 53.8 Å². The number of benzene rings is 1. The summed E-state index contributed by atoms with van der Waals surface area (Å²) in [6, 6.07) is 10.3. The minimum absolute atomic E-state index is 0.191. The van der Waals surface area contributed by atoms with E-state index in [2.05, 4.69) is 29.3 Å². The van der Waals surface area contributed by atoms with Gasteiger partial charge in [-0.05, 0) is 56.3 Å². The maximum Gasteiger partial charge on any atom is 0.268 e. The number of piperidine rings is 2. The summed E-state index contributed by atoms with van der Waals surface area (Å²) in [5.41, 5.74) is 2.68. The zero-order valence-corrected chi connectivity index (χ0v) is 20.6. The number of rotatable bonds is 7. The highest BCUT2D eigenvalue weighted by Gasteiger charge is 2.28. The molecule has 4 rings (SSSR count). The smallest absolute Gasteiger partial charge is 0.268 e. The molecule has 8 heteroatoms. The Bertz CT molecular complexity index is 1070. The molecule has 1 atom stereocenters. The molecule has 0 bridgehead atoms. The fraction of sp³-hybridized carbons (Fsp3) is 0.560. The number of carbonyl (C=O) groups excluding carboxylic acids is 1. The number of hydrogen-bond acceptors (Lipinski definition) is 4. The van der Waals surface area contributed by atoms with Crippen LogP contribution in [0.2, 0.25) is 0 Å². The Morgan fingerprint density at radius 1 is 1.03 bits per heavy atom. The lowest BCUT2D eigenvalue weighted by Gasteiger charge is -2.33. The van der Waals surface area contributed by atoms with Gasteiger partial charge in [-0.1, -0.05) is 37.1 Å². The number of aryl methyl sites for hydroxylation is 1. The molecule has 2 aliphatic rings. The van der Waals surface area contributed by atoms with Crippen LogP contribution in [0.5, 0.6) is 0 Å². The fourth-order valence-corrected chi connectivity index (χ4v) is 6.51. The van der Waals surface area contributed by atoms with Gasteiger partial charge in [0, 0.05) is 45.5 Å². The summed E-state index contributed by atoms with van der Waals surface area (Å²) in [5, 5.41) is 3.00. The van der Waals surface area contributed by atoms with Crippen LogP contribution in [0.4, 0.5) is 0 Å². The van der Waals surface area contributed by atoms with Crippen LogP contribution < -0.4 is 5.32 Å². The van der Waals surface area contributed by atoms with E-state index in [-0.39, 0.29) is 10.8 Å². The SMILES string of the molecule is CC1CCCCN1Cc1ccccc1CNC(=O)c1cc(S(=O)(=O)N2CCCCC2)cn1C. The van der Waals surface area contributed by atoms with E-state index >= 15 is 0 Å². The van der Waals surface area contributed by atoms with Crippen LogP contribution >= 0.6 is 0 Å². The van der Waals surface area contributed by atoms with Crippen LogP contribution in [0.1, 0.15) is 67.1 Å². The molecule has 1 aromatic heterocycles. The number of nitrogens with one attached hydrogen (secondary N) is 1. The molecule has 1 unspecified atom stereocenters. The molecule has 1 aromatic carbocycles. The Balaban J connectivity index is 1.44. The molecule has 7 nitrogen and oxygen atoms in total. The molecule has 2 aliphatic heterocycles. The van der Waals surface area contributed by atoms with Gasteiger partial charge in [-0.3, -0.25) is 9.69 Å². The quantitative estimate of drug-likeness (QED) is 0.669. The third kappa shape index (κ3) is 5.50. The van der Waals surface area contributed by atoms with Gasteiger partial charge < -0.3 is 9.88 Å². The molecule has 2 aromatic rings. The molecule has 33 heavy (non-hydrogen) atoms. The second-order valence-corrected chi connectivity index (χ2v) is 11.3. The van der Waals surface area contributed by atoms with Gasteiger partial charge in [0.2, 0.25) is 10.0 Å². The van der Waals surface area contributed by atoms with Gasteiger partial charge in [0.1, 0.15) is 10.6 Å². The molecule has 0 radical (unpaired) electrons. The minimum Gasteiger partial charge on any atom is -0.347 e. The Morgan fingerprint density at radius 2 is 1.73 bits per heavy atom. The molecule has 0 aliphatic carbocycles. The predicted molar refractivity (Wildman–Crippen MR) is 129 cm³/mol. The molecule has 2 fully saturated rings. The summed E-state index contributed by atoms with van der Waals surface area (Å²) < 4.78 is 29.1. The molecule has 180 valence electrons. The summed E-state index contributed by atoms with van der Waals surface area (Å²) >= 11 is 0. The molecule has 0 saturated carbocycles. The van der Waals surface area contributed by atoms with E-state index in [0.717, 1.165) is 37.9 Å². The number of likely N-dealkylation sites (tertiary alicyclic amines) is 1. The van der Waals surface area contributed by atoms with Gasteiger partial charge in [0.15, 0.2) is 0 Å². The van der Waals surface area contributed by atoms with Gasteiger partial charge in [-0.15, -0.1) is 0 Å². The van der Waals surface area contributed by atoms with Crippen LogP contribution in [-0.2, 0) is 30.2 Å². The van der Waals surface area contributed by atoms with Crippen molar-refractivity contribution in [3.63, 3.8) is 0 Å². The third-order valence-corrected chi connectivity index (χ3v) is 8.90. The summed E-state index contributed by atoms with van der Waals surface area (Å²) in [7, 11) is -1.85. The first-order valence-corrected chi connectivity index (χ1v) is 13.6. The second kappa shape index (κ2) is 10.4. The highest BCUT2D eigenvalue weighted by atomic mass is 32.2. The van der Waals surface area contributed by atoms with Crippen LogP contribution in [0.25, 0.3) is 0 Å². The van der Waals surface area contributed by atoms with Gasteiger partial charge >= 0.3 is 0 Å². The van der Waals surface area contributed by atoms with Crippen molar-refractivity contribution in [3.05, 3.63) is 53.3 Å². The number of nitrogens with zero attached hydrogens (tertiary/aromatic N) is 3. The number of amides is 1. The highest BCUT2D eigenvalue weighted by Crippen LogP contribution is 2.23. The van der Waals surface area contributed by atoms with Crippen LogP contribution in [0, 0.1) is 0 Å². The Hall–Kier alpha value is -2.16. The Labute approximate surface area is 197 Å². The van der Waals surface area contributed by atoms with Crippen molar-refractivity contribution < 1.29 is 13.2 Å². The van der Waals surface area contributed by atoms with Gasteiger partial charge in [-0.25, -0.2) is 8.42 Å². The van der Waals surface area contributed by atoms with E-state index in [1.54, 1.807) is 17.8 Å². The van der Waals surface area contributed by atoms with Crippen molar-refractivity contribution in [1.82, 2.24) is 19.1 Å². The van der Waals surface area contributed by atoms with Crippen LogP contribution in [0.3, 0.4) is 0 Å². The van der Waals surface area contributed by atoms with Crippen LogP contribution in [0.15, 0.2) is 41.4 Å². The average molecular weight is 473 g/mol. The first-order chi connectivity index (χ1) is 15.9. The Morgan fingerprint density at radius 3 is 2.45 bits per heavy atom. The number of aromatic nitrogens is 1. The number of sulfonamides is 1. The third-order valence-electron chi connectivity index (χ3n) is 7.04. The second-order valence-electron chi connectivity index (χ2n) is 9.40. The van der Waals surface area contributed by atoms with Crippen molar-refractivity contribution in [1.29, 1.82) is 0 Å². The maximum atomic E-state index is 13.0. The molecule has 2 saturated heterocycles. The lowest BCUT2D eigenvalue weighted by molar-refractivity contribution is 0.0942. The lowest BCUT2D eigenvalue weighted by Crippen LogP contribution is -2.37. The van der Waals surface area contributed by atoms with Gasteiger partial charge in [0.05, 0.1) is 0 Å². The van der Waals surface area contributed by atoms with E-state index in [0.29, 0.717) is 31.4 Å². The summed E-state index contributed by atoms with van der Waals surface area (Å²) in [5.74, 6) is -0.265. The van der Waals surface area contributed by atoms with Crippen molar-refractivity contribution in [3.8, 4) is 0 Å². The molecule has 1 N–H and O–H groups in total. The Kier molecular flexibility index (Phi) is 7.56. The van der Waals surface area contributed by atoms with Gasteiger partial charge in [0.25, 0.3) is 5.91 Å². The van der Waals surface area contributed by atoms with Crippen molar-refractivity contribution in [2.24, 2.45) is 7.05 Å². The summed E-state index contributed by atoms with van der Waals surface area (Å²) in [4.78, 5) is 15.7. The number of hydrogen-bond donors (Lipinski definition) is 1. The van der Waals surface area contributed by atoms with Gasteiger partial charge in [-0.2, -0.15) is 4.31 Å². The fourth-order valence-electron chi connectivity index (χ4n) is 4.92. The highest BCUT2D eigenvalue weighted by molar-refractivity contribution is 7.89.